The Bertz CT molecular complexity index is 696. The summed E-state index contributed by atoms with van der Waals surface area (Å²) >= 11 is 0. The van der Waals surface area contributed by atoms with Crippen molar-refractivity contribution in [3.8, 4) is 0 Å². The van der Waals surface area contributed by atoms with Gasteiger partial charge in [-0.1, -0.05) is 24.3 Å². The van der Waals surface area contributed by atoms with Crippen LogP contribution in [0.4, 0.5) is 4.79 Å². The van der Waals surface area contributed by atoms with Gasteiger partial charge in [0, 0.05) is 14.1 Å². The maximum absolute atomic E-state index is 12.6. The number of rotatable bonds is 3. The van der Waals surface area contributed by atoms with Gasteiger partial charge in [0.05, 0.1) is 12.1 Å². The maximum Gasteiger partial charge on any atom is 0.318 e. The summed E-state index contributed by atoms with van der Waals surface area (Å²) in [5.74, 6) is 0.746. The number of amides is 2. The summed E-state index contributed by atoms with van der Waals surface area (Å²) in [6, 6.07) is 8.28. The SMILES string of the molecule is C[C@H](NC(=O)N(C)[C@@H]1CCCc2ccccc21)c1nncn1C. The van der Waals surface area contributed by atoms with E-state index < -0.39 is 0 Å². The van der Waals surface area contributed by atoms with Crippen molar-refractivity contribution < 1.29 is 4.79 Å². The standard InChI is InChI=1S/C17H23N5O/c1-12(16-20-18-11-21(16)2)19-17(23)22(3)15-10-6-8-13-7-4-5-9-14(13)15/h4-5,7,9,11-12,15H,6,8,10H2,1-3H3,(H,19,23)/t12-,15+/m0/s1. The first-order valence-corrected chi connectivity index (χ1v) is 8.03. The largest absolute Gasteiger partial charge is 0.328 e. The molecular formula is C17H23N5O. The third-order valence-electron chi connectivity index (χ3n) is 4.60. The van der Waals surface area contributed by atoms with Gasteiger partial charge in [-0.05, 0) is 37.3 Å². The van der Waals surface area contributed by atoms with E-state index in [1.807, 2.05) is 36.6 Å². The van der Waals surface area contributed by atoms with Crippen LogP contribution in [0.5, 0.6) is 0 Å². The van der Waals surface area contributed by atoms with E-state index in [2.05, 4.69) is 33.7 Å². The van der Waals surface area contributed by atoms with Crippen molar-refractivity contribution >= 4 is 6.03 Å². The molecule has 0 saturated heterocycles. The summed E-state index contributed by atoms with van der Waals surface area (Å²) in [7, 11) is 3.74. The first-order valence-electron chi connectivity index (χ1n) is 8.03. The van der Waals surface area contributed by atoms with Gasteiger partial charge in [-0.25, -0.2) is 4.79 Å². The number of nitrogens with one attached hydrogen (secondary N) is 1. The Balaban J connectivity index is 1.72. The van der Waals surface area contributed by atoms with E-state index in [1.165, 1.54) is 11.1 Å². The van der Waals surface area contributed by atoms with E-state index in [9.17, 15) is 4.79 Å². The van der Waals surface area contributed by atoms with E-state index >= 15 is 0 Å². The van der Waals surface area contributed by atoms with Crippen LogP contribution in [-0.2, 0) is 13.5 Å². The predicted molar refractivity (Wildman–Crippen MR) is 87.8 cm³/mol. The zero-order valence-electron chi connectivity index (χ0n) is 13.9. The third kappa shape index (κ3) is 3.06. The van der Waals surface area contributed by atoms with Gasteiger partial charge >= 0.3 is 6.03 Å². The molecule has 0 fully saturated rings. The van der Waals surface area contributed by atoms with Gasteiger partial charge < -0.3 is 14.8 Å². The van der Waals surface area contributed by atoms with Crippen molar-refractivity contribution in [1.82, 2.24) is 25.0 Å². The van der Waals surface area contributed by atoms with Gasteiger partial charge in [0.15, 0.2) is 5.82 Å². The second kappa shape index (κ2) is 6.40. The van der Waals surface area contributed by atoms with Crippen molar-refractivity contribution in [3.05, 3.63) is 47.5 Å². The fraction of sp³-hybridized carbons (Fsp3) is 0.471. The number of aryl methyl sites for hydroxylation is 2. The molecule has 0 unspecified atom stereocenters. The molecule has 2 amide bonds. The van der Waals surface area contributed by atoms with Crippen LogP contribution in [0.25, 0.3) is 0 Å². The second-order valence-electron chi connectivity index (χ2n) is 6.19. The van der Waals surface area contributed by atoms with Crippen LogP contribution in [0.3, 0.4) is 0 Å². The van der Waals surface area contributed by atoms with Crippen molar-refractivity contribution in [2.75, 3.05) is 7.05 Å². The van der Waals surface area contributed by atoms with Gasteiger partial charge in [0.1, 0.15) is 6.33 Å². The lowest BCUT2D eigenvalue weighted by atomic mass is 9.87. The minimum absolute atomic E-state index is 0.0813. The van der Waals surface area contributed by atoms with Crippen LogP contribution < -0.4 is 5.32 Å². The number of fused-ring (bicyclic) bond motifs is 1. The zero-order chi connectivity index (χ0) is 16.4. The lowest BCUT2D eigenvalue weighted by Gasteiger charge is -2.34. The highest BCUT2D eigenvalue weighted by Crippen LogP contribution is 2.33. The lowest BCUT2D eigenvalue weighted by molar-refractivity contribution is 0.180. The Hall–Kier alpha value is -2.37. The highest BCUT2D eigenvalue weighted by Gasteiger charge is 2.27. The number of carbonyl (C=O) groups is 1. The van der Waals surface area contributed by atoms with Gasteiger partial charge in [-0.3, -0.25) is 0 Å². The van der Waals surface area contributed by atoms with Crippen molar-refractivity contribution in [2.45, 2.75) is 38.3 Å². The molecule has 6 heteroatoms. The van der Waals surface area contributed by atoms with Crippen molar-refractivity contribution in [3.63, 3.8) is 0 Å². The summed E-state index contributed by atoms with van der Waals surface area (Å²) in [5, 5.41) is 10.9. The Morgan fingerprint density at radius 2 is 2.22 bits per heavy atom. The number of hydrogen-bond acceptors (Lipinski definition) is 3. The monoisotopic (exact) mass is 313 g/mol. The molecule has 23 heavy (non-hydrogen) atoms. The topological polar surface area (TPSA) is 63.1 Å². The molecule has 1 aliphatic carbocycles. The molecule has 0 bridgehead atoms. The molecule has 122 valence electrons. The second-order valence-corrected chi connectivity index (χ2v) is 6.19. The molecule has 0 saturated carbocycles. The molecule has 1 aromatic heterocycles. The van der Waals surface area contributed by atoms with Crippen LogP contribution in [0.2, 0.25) is 0 Å². The highest BCUT2D eigenvalue weighted by atomic mass is 16.2. The molecule has 1 heterocycles. The number of urea groups is 1. The molecule has 1 N–H and O–H groups in total. The molecule has 0 aliphatic heterocycles. The average molecular weight is 313 g/mol. The predicted octanol–water partition coefficient (Wildman–Crippen LogP) is 2.60. The van der Waals surface area contributed by atoms with E-state index in [-0.39, 0.29) is 18.1 Å². The average Bonchev–Trinajstić information content (AvgIpc) is 2.99. The summed E-state index contributed by atoms with van der Waals surface area (Å²) < 4.78 is 1.82. The van der Waals surface area contributed by atoms with Crippen LogP contribution in [-0.4, -0.2) is 32.7 Å². The molecule has 2 atom stereocenters. The Morgan fingerprint density at radius 1 is 1.43 bits per heavy atom. The Morgan fingerprint density at radius 3 is 2.96 bits per heavy atom. The normalized spacial score (nSPS) is 18.1. The number of nitrogens with zero attached hydrogens (tertiary/aromatic N) is 4. The molecule has 3 rings (SSSR count). The zero-order valence-corrected chi connectivity index (χ0v) is 13.9. The van der Waals surface area contributed by atoms with Crippen molar-refractivity contribution in [1.29, 1.82) is 0 Å². The Kier molecular flexibility index (Phi) is 4.32. The molecule has 0 spiro atoms. The third-order valence-corrected chi connectivity index (χ3v) is 4.60. The first kappa shape index (κ1) is 15.5. The summed E-state index contributed by atoms with van der Waals surface area (Å²) in [6.45, 7) is 1.92. The number of hydrogen-bond donors (Lipinski definition) is 1. The summed E-state index contributed by atoms with van der Waals surface area (Å²) in [5.41, 5.74) is 2.62. The summed E-state index contributed by atoms with van der Waals surface area (Å²) in [6.07, 6.45) is 4.84. The minimum atomic E-state index is -0.184. The molecule has 2 aromatic rings. The molecular weight excluding hydrogens is 290 g/mol. The molecule has 0 radical (unpaired) electrons. The van der Waals surface area contributed by atoms with Gasteiger partial charge in [-0.2, -0.15) is 0 Å². The smallest absolute Gasteiger partial charge is 0.318 e. The van der Waals surface area contributed by atoms with Gasteiger partial charge in [0.2, 0.25) is 0 Å². The van der Waals surface area contributed by atoms with E-state index in [0.29, 0.717) is 0 Å². The van der Waals surface area contributed by atoms with Crippen LogP contribution in [0.1, 0.15) is 48.8 Å². The van der Waals surface area contributed by atoms with Gasteiger partial charge in [0.25, 0.3) is 0 Å². The fourth-order valence-electron chi connectivity index (χ4n) is 3.31. The maximum atomic E-state index is 12.6. The Labute approximate surface area is 136 Å². The molecule has 1 aliphatic rings. The van der Waals surface area contributed by atoms with Crippen molar-refractivity contribution in [2.24, 2.45) is 7.05 Å². The van der Waals surface area contributed by atoms with Crippen LogP contribution in [0, 0.1) is 0 Å². The number of aromatic nitrogens is 3. The van der Waals surface area contributed by atoms with E-state index in [4.69, 9.17) is 0 Å². The number of benzene rings is 1. The fourth-order valence-corrected chi connectivity index (χ4v) is 3.31. The van der Waals surface area contributed by atoms with E-state index in [0.717, 1.165) is 25.1 Å². The number of carbonyl (C=O) groups excluding carboxylic acids is 1. The highest BCUT2D eigenvalue weighted by molar-refractivity contribution is 5.75. The van der Waals surface area contributed by atoms with E-state index in [1.54, 1.807) is 6.33 Å². The first-order chi connectivity index (χ1) is 11.1. The summed E-state index contributed by atoms with van der Waals surface area (Å²) in [4.78, 5) is 14.4. The molecule has 1 aromatic carbocycles. The molecule has 6 nitrogen and oxygen atoms in total. The minimum Gasteiger partial charge on any atom is -0.328 e. The van der Waals surface area contributed by atoms with Crippen LogP contribution >= 0.6 is 0 Å². The quantitative estimate of drug-likeness (QED) is 0.947. The van der Waals surface area contributed by atoms with Gasteiger partial charge in [-0.15, -0.1) is 10.2 Å². The lowest BCUT2D eigenvalue weighted by Crippen LogP contribution is -2.42. The van der Waals surface area contributed by atoms with Crippen LogP contribution in [0.15, 0.2) is 30.6 Å².